The Morgan fingerprint density at radius 3 is 2.55 bits per heavy atom. The number of hydrogen-bond donors (Lipinski definition) is 2. The maximum atomic E-state index is 10.2. The third kappa shape index (κ3) is 3.33. The minimum absolute atomic E-state index is 0.337. The van der Waals surface area contributed by atoms with Crippen LogP contribution in [0.15, 0.2) is 54.6 Å². The number of halogens is 2. The molecule has 0 aliphatic carbocycles. The van der Waals surface area contributed by atoms with E-state index in [4.69, 9.17) is 23.2 Å². The normalized spacial score (nSPS) is 12.3. The van der Waals surface area contributed by atoms with Crippen molar-refractivity contribution in [3.05, 3.63) is 70.3 Å². The fraction of sp³-hybridized carbons (Fsp3) is 0.118. The molecule has 1 heterocycles. The molecule has 0 radical (unpaired) electrons. The first-order valence-corrected chi connectivity index (χ1v) is 7.62. The van der Waals surface area contributed by atoms with Crippen molar-refractivity contribution in [2.75, 3.05) is 11.9 Å². The van der Waals surface area contributed by atoms with E-state index < -0.39 is 6.10 Å². The lowest BCUT2D eigenvalue weighted by Gasteiger charge is -2.13. The SMILES string of the molecule is OC(CNc1cc2ccccc2c(Cl)n1)c1ccc(Cl)cc1. The summed E-state index contributed by atoms with van der Waals surface area (Å²) in [7, 11) is 0. The molecule has 112 valence electrons. The zero-order valence-corrected chi connectivity index (χ0v) is 13.1. The summed E-state index contributed by atoms with van der Waals surface area (Å²) in [5.74, 6) is 0.636. The van der Waals surface area contributed by atoms with Gasteiger partial charge in [0, 0.05) is 17.0 Å². The molecule has 0 saturated heterocycles. The summed E-state index contributed by atoms with van der Waals surface area (Å²) in [6.07, 6.45) is -0.649. The molecule has 3 aromatic rings. The lowest BCUT2D eigenvalue weighted by Crippen LogP contribution is -2.13. The third-order valence-corrected chi connectivity index (χ3v) is 3.97. The summed E-state index contributed by atoms with van der Waals surface area (Å²) in [5, 5.41) is 16.3. The molecule has 2 aromatic carbocycles. The molecule has 5 heteroatoms. The van der Waals surface area contributed by atoms with Gasteiger partial charge in [-0.3, -0.25) is 0 Å². The zero-order valence-electron chi connectivity index (χ0n) is 11.6. The van der Waals surface area contributed by atoms with Crippen LogP contribution >= 0.6 is 23.2 Å². The Morgan fingerprint density at radius 1 is 1.05 bits per heavy atom. The second-order valence-electron chi connectivity index (χ2n) is 4.97. The maximum absolute atomic E-state index is 10.2. The van der Waals surface area contributed by atoms with Gasteiger partial charge >= 0.3 is 0 Å². The Balaban J connectivity index is 1.74. The van der Waals surface area contributed by atoms with Gasteiger partial charge < -0.3 is 10.4 Å². The number of pyridine rings is 1. The van der Waals surface area contributed by atoms with Gasteiger partial charge in [-0.2, -0.15) is 0 Å². The van der Waals surface area contributed by atoms with Crippen molar-refractivity contribution in [2.45, 2.75) is 6.10 Å². The molecule has 22 heavy (non-hydrogen) atoms. The van der Waals surface area contributed by atoms with Crippen LogP contribution in [0.1, 0.15) is 11.7 Å². The highest BCUT2D eigenvalue weighted by atomic mass is 35.5. The molecule has 1 unspecified atom stereocenters. The van der Waals surface area contributed by atoms with Gasteiger partial charge in [-0.15, -0.1) is 0 Å². The first-order valence-electron chi connectivity index (χ1n) is 6.86. The van der Waals surface area contributed by atoms with Crippen LogP contribution in [0.3, 0.4) is 0 Å². The molecule has 3 nitrogen and oxygen atoms in total. The number of nitrogens with zero attached hydrogens (tertiary/aromatic N) is 1. The number of anilines is 1. The number of aliphatic hydroxyl groups is 1. The number of fused-ring (bicyclic) bond motifs is 1. The molecular weight excluding hydrogens is 319 g/mol. The fourth-order valence-electron chi connectivity index (χ4n) is 2.25. The summed E-state index contributed by atoms with van der Waals surface area (Å²) in [5.41, 5.74) is 0.795. The first kappa shape index (κ1) is 15.1. The molecule has 3 rings (SSSR count). The van der Waals surface area contributed by atoms with E-state index in [1.807, 2.05) is 30.3 Å². The minimum Gasteiger partial charge on any atom is -0.387 e. The summed E-state index contributed by atoms with van der Waals surface area (Å²) in [6, 6.07) is 16.8. The zero-order chi connectivity index (χ0) is 15.5. The maximum Gasteiger partial charge on any atom is 0.139 e. The smallest absolute Gasteiger partial charge is 0.139 e. The molecule has 0 spiro atoms. The van der Waals surface area contributed by atoms with Crippen LogP contribution in [0.4, 0.5) is 5.82 Å². The number of aliphatic hydroxyl groups excluding tert-OH is 1. The van der Waals surface area contributed by atoms with Crippen LogP contribution in [0, 0.1) is 0 Å². The Labute approximate surface area is 138 Å². The van der Waals surface area contributed by atoms with E-state index >= 15 is 0 Å². The van der Waals surface area contributed by atoms with Crippen LogP contribution in [0.25, 0.3) is 10.8 Å². The van der Waals surface area contributed by atoms with Crippen LogP contribution in [0.2, 0.25) is 10.2 Å². The van der Waals surface area contributed by atoms with E-state index in [0.717, 1.165) is 16.3 Å². The van der Waals surface area contributed by atoms with Gasteiger partial charge in [0.05, 0.1) is 6.10 Å². The average Bonchev–Trinajstić information content (AvgIpc) is 2.53. The highest BCUT2D eigenvalue weighted by Gasteiger charge is 2.09. The number of aromatic nitrogens is 1. The molecule has 0 amide bonds. The van der Waals surface area contributed by atoms with E-state index in [1.54, 1.807) is 24.3 Å². The predicted octanol–water partition coefficient (Wildman–Crippen LogP) is 4.69. The molecule has 1 aromatic heterocycles. The van der Waals surface area contributed by atoms with E-state index in [9.17, 15) is 5.11 Å². The summed E-state index contributed by atoms with van der Waals surface area (Å²) < 4.78 is 0. The summed E-state index contributed by atoms with van der Waals surface area (Å²) in [4.78, 5) is 4.30. The standard InChI is InChI=1S/C17H14Cl2N2O/c18-13-7-5-11(6-8-13)15(22)10-20-16-9-12-3-1-2-4-14(12)17(19)21-16/h1-9,15,22H,10H2,(H,20,21). The minimum atomic E-state index is -0.649. The molecule has 1 atom stereocenters. The Kier molecular flexibility index (Phi) is 4.48. The monoisotopic (exact) mass is 332 g/mol. The van der Waals surface area contributed by atoms with Crippen molar-refractivity contribution in [3.8, 4) is 0 Å². The van der Waals surface area contributed by atoms with Crippen molar-refractivity contribution in [2.24, 2.45) is 0 Å². The molecule has 0 aliphatic rings. The van der Waals surface area contributed by atoms with Gasteiger partial charge in [-0.25, -0.2) is 4.98 Å². The largest absolute Gasteiger partial charge is 0.387 e. The highest BCUT2D eigenvalue weighted by Crippen LogP contribution is 2.25. The number of hydrogen-bond acceptors (Lipinski definition) is 3. The number of benzene rings is 2. The van der Waals surface area contributed by atoms with Gasteiger partial charge in [-0.05, 0) is 29.1 Å². The van der Waals surface area contributed by atoms with E-state index in [2.05, 4.69) is 10.3 Å². The van der Waals surface area contributed by atoms with Gasteiger partial charge in [0.2, 0.25) is 0 Å². The number of nitrogens with one attached hydrogen (secondary N) is 1. The average molecular weight is 333 g/mol. The Hall–Kier alpha value is -1.81. The summed E-state index contributed by atoms with van der Waals surface area (Å²) in [6.45, 7) is 0.337. The Morgan fingerprint density at radius 2 is 1.77 bits per heavy atom. The van der Waals surface area contributed by atoms with Crippen molar-refractivity contribution >= 4 is 39.8 Å². The quantitative estimate of drug-likeness (QED) is 0.681. The Bertz CT molecular complexity index is 790. The van der Waals surface area contributed by atoms with Crippen LogP contribution in [-0.4, -0.2) is 16.6 Å². The molecule has 0 aliphatic heterocycles. The van der Waals surface area contributed by atoms with E-state index in [1.165, 1.54) is 0 Å². The van der Waals surface area contributed by atoms with Crippen molar-refractivity contribution in [1.29, 1.82) is 0 Å². The van der Waals surface area contributed by atoms with Crippen molar-refractivity contribution in [1.82, 2.24) is 4.98 Å². The van der Waals surface area contributed by atoms with Gasteiger partial charge in [-0.1, -0.05) is 59.6 Å². The van der Waals surface area contributed by atoms with Crippen molar-refractivity contribution < 1.29 is 5.11 Å². The van der Waals surface area contributed by atoms with Gasteiger partial charge in [0.1, 0.15) is 11.0 Å². The highest BCUT2D eigenvalue weighted by molar-refractivity contribution is 6.34. The predicted molar refractivity (Wildman–Crippen MR) is 91.7 cm³/mol. The summed E-state index contributed by atoms with van der Waals surface area (Å²) >= 11 is 12.0. The van der Waals surface area contributed by atoms with Gasteiger partial charge in [0.15, 0.2) is 0 Å². The lowest BCUT2D eigenvalue weighted by atomic mass is 10.1. The van der Waals surface area contributed by atoms with Crippen LogP contribution in [-0.2, 0) is 0 Å². The second-order valence-corrected chi connectivity index (χ2v) is 5.76. The molecular formula is C17H14Cl2N2O. The fourth-order valence-corrected chi connectivity index (χ4v) is 2.64. The molecule has 0 saturated carbocycles. The van der Waals surface area contributed by atoms with Gasteiger partial charge in [0.25, 0.3) is 0 Å². The van der Waals surface area contributed by atoms with Crippen LogP contribution < -0.4 is 5.32 Å². The molecule has 0 bridgehead atoms. The lowest BCUT2D eigenvalue weighted by molar-refractivity contribution is 0.191. The topological polar surface area (TPSA) is 45.1 Å². The van der Waals surface area contributed by atoms with Crippen molar-refractivity contribution in [3.63, 3.8) is 0 Å². The number of rotatable bonds is 4. The van der Waals surface area contributed by atoms with Crippen LogP contribution in [0.5, 0.6) is 0 Å². The first-order chi connectivity index (χ1) is 10.6. The second kappa shape index (κ2) is 6.53. The molecule has 0 fully saturated rings. The van der Waals surface area contributed by atoms with E-state index in [-0.39, 0.29) is 0 Å². The third-order valence-electron chi connectivity index (χ3n) is 3.43. The molecule has 2 N–H and O–H groups in total. The van der Waals surface area contributed by atoms with E-state index in [0.29, 0.717) is 22.5 Å².